The first kappa shape index (κ1) is 20.1. The lowest BCUT2D eigenvalue weighted by Crippen LogP contribution is -2.55. The number of nitrogens with zero attached hydrogens (tertiary/aromatic N) is 3. The van der Waals surface area contributed by atoms with Crippen LogP contribution < -0.4 is 5.73 Å². The molecule has 2 aliphatic heterocycles. The summed E-state index contributed by atoms with van der Waals surface area (Å²) in [6.45, 7) is 6.81. The van der Waals surface area contributed by atoms with Gasteiger partial charge in [0.2, 0.25) is 5.91 Å². The first-order valence-corrected chi connectivity index (χ1v) is 10.4. The molecule has 0 aliphatic carbocycles. The number of piperazine rings is 1. The van der Waals surface area contributed by atoms with E-state index in [4.69, 9.17) is 5.73 Å². The lowest BCUT2D eigenvalue weighted by Gasteiger charge is -2.42. The molecule has 0 atom stereocenters. The van der Waals surface area contributed by atoms with Gasteiger partial charge in [-0.3, -0.25) is 9.69 Å². The van der Waals surface area contributed by atoms with E-state index < -0.39 is 0 Å². The summed E-state index contributed by atoms with van der Waals surface area (Å²) in [4.78, 5) is 29.9. The van der Waals surface area contributed by atoms with Gasteiger partial charge in [-0.1, -0.05) is 28.1 Å². The Labute approximate surface area is 169 Å². The summed E-state index contributed by atoms with van der Waals surface area (Å²) in [7, 11) is 0. The van der Waals surface area contributed by atoms with Crippen LogP contribution in [0.25, 0.3) is 0 Å². The van der Waals surface area contributed by atoms with Crippen molar-refractivity contribution in [3.8, 4) is 0 Å². The fourth-order valence-electron chi connectivity index (χ4n) is 3.93. The van der Waals surface area contributed by atoms with Crippen LogP contribution in [0, 0.1) is 13.3 Å². The highest BCUT2D eigenvalue weighted by molar-refractivity contribution is 9.10. The standard InChI is InChI=1S/C20H28BrN4O2/c1-15-14-16(2-4-18(15)21)3-5-19(26)24-8-6-17(7-9-24)23-10-12-25(13-11-23)20(22)27/h2,4-5,14,17H,3,6-13H2,1H3,(H2,22,27). The number of piperidine rings is 1. The van der Waals surface area contributed by atoms with Gasteiger partial charge in [0, 0.05) is 49.8 Å². The monoisotopic (exact) mass is 435 g/mol. The van der Waals surface area contributed by atoms with Crippen molar-refractivity contribution in [2.45, 2.75) is 32.2 Å². The summed E-state index contributed by atoms with van der Waals surface area (Å²) in [6.07, 6.45) is 4.46. The summed E-state index contributed by atoms with van der Waals surface area (Å²) >= 11 is 3.51. The van der Waals surface area contributed by atoms with Crippen LogP contribution in [0.15, 0.2) is 22.7 Å². The highest BCUT2D eigenvalue weighted by Gasteiger charge is 2.29. The van der Waals surface area contributed by atoms with E-state index in [9.17, 15) is 9.59 Å². The van der Waals surface area contributed by atoms with E-state index in [-0.39, 0.29) is 11.9 Å². The number of carbonyl (C=O) groups is 2. The lowest BCUT2D eigenvalue weighted by atomic mass is 10.0. The molecular weight excluding hydrogens is 408 g/mol. The Morgan fingerprint density at radius 2 is 1.78 bits per heavy atom. The summed E-state index contributed by atoms with van der Waals surface area (Å²) in [5, 5.41) is 0. The first-order valence-electron chi connectivity index (χ1n) is 9.59. The van der Waals surface area contributed by atoms with Crippen molar-refractivity contribution in [1.82, 2.24) is 14.7 Å². The van der Waals surface area contributed by atoms with Crippen LogP contribution in [0.3, 0.4) is 0 Å². The molecule has 2 saturated heterocycles. The summed E-state index contributed by atoms with van der Waals surface area (Å²) in [5.74, 6) is 0.132. The predicted molar refractivity (Wildman–Crippen MR) is 109 cm³/mol. The number of benzene rings is 1. The molecule has 2 aliphatic rings. The Morgan fingerprint density at radius 3 is 2.37 bits per heavy atom. The van der Waals surface area contributed by atoms with Crippen molar-refractivity contribution in [3.05, 3.63) is 40.2 Å². The molecule has 0 spiro atoms. The van der Waals surface area contributed by atoms with Gasteiger partial charge in [0.05, 0.1) is 6.42 Å². The molecule has 0 aromatic heterocycles. The van der Waals surface area contributed by atoms with Crippen LogP contribution in [-0.2, 0) is 11.2 Å². The zero-order chi connectivity index (χ0) is 19.4. The quantitative estimate of drug-likeness (QED) is 0.787. The molecule has 0 bridgehead atoms. The number of halogens is 1. The first-order chi connectivity index (χ1) is 12.9. The fourth-order valence-corrected chi connectivity index (χ4v) is 4.17. The Morgan fingerprint density at radius 1 is 1.11 bits per heavy atom. The lowest BCUT2D eigenvalue weighted by molar-refractivity contribution is -0.129. The molecule has 1 aromatic rings. The Kier molecular flexibility index (Phi) is 6.76. The number of nitrogens with two attached hydrogens (primary N) is 1. The number of hydrogen-bond donors (Lipinski definition) is 1. The van der Waals surface area contributed by atoms with Crippen molar-refractivity contribution in [3.63, 3.8) is 0 Å². The van der Waals surface area contributed by atoms with Crippen molar-refractivity contribution in [2.75, 3.05) is 39.3 Å². The number of likely N-dealkylation sites (tertiary alicyclic amines) is 1. The SMILES string of the molecule is Cc1cc(C[CH]C(=O)N2CCC(N3CCN(C(N)=O)CC3)CC2)ccc1Br. The van der Waals surface area contributed by atoms with Crippen molar-refractivity contribution >= 4 is 27.9 Å². The van der Waals surface area contributed by atoms with Gasteiger partial charge in [-0.15, -0.1) is 0 Å². The minimum Gasteiger partial charge on any atom is -0.351 e. The highest BCUT2D eigenvalue weighted by atomic mass is 79.9. The van der Waals surface area contributed by atoms with Gasteiger partial charge in [-0.2, -0.15) is 0 Å². The average Bonchev–Trinajstić information content (AvgIpc) is 2.69. The normalized spacial score (nSPS) is 19.3. The molecule has 147 valence electrons. The van der Waals surface area contributed by atoms with E-state index in [1.54, 1.807) is 11.3 Å². The largest absolute Gasteiger partial charge is 0.351 e. The van der Waals surface area contributed by atoms with Gasteiger partial charge in [0.15, 0.2) is 0 Å². The molecule has 0 saturated carbocycles. The van der Waals surface area contributed by atoms with E-state index in [1.165, 1.54) is 5.56 Å². The van der Waals surface area contributed by atoms with Gasteiger partial charge in [0.25, 0.3) is 0 Å². The van der Waals surface area contributed by atoms with E-state index in [0.717, 1.165) is 49.1 Å². The second-order valence-corrected chi connectivity index (χ2v) is 8.26. The van der Waals surface area contributed by atoms with Gasteiger partial charge < -0.3 is 15.5 Å². The van der Waals surface area contributed by atoms with E-state index in [0.29, 0.717) is 25.6 Å². The Hall–Kier alpha value is -1.60. The smallest absolute Gasteiger partial charge is 0.314 e. The molecule has 6 nitrogen and oxygen atoms in total. The number of primary amides is 1. The number of urea groups is 1. The van der Waals surface area contributed by atoms with Crippen LogP contribution in [0.2, 0.25) is 0 Å². The van der Waals surface area contributed by atoms with Gasteiger partial charge in [-0.25, -0.2) is 4.79 Å². The van der Waals surface area contributed by atoms with Crippen LogP contribution in [0.4, 0.5) is 4.79 Å². The maximum absolute atomic E-state index is 12.5. The van der Waals surface area contributed by atoms with E-state index in [2.05, 4.69) is 39.9 Å². The molecule has 0 unspecified atom stereocenters. The van der Waals surface area contributed by atoms with Crippen LogP contribution >= 0.6 is 15.9 Å². The predicted octanol–water partition coefficient (Wildman–Crippen LogP) is 2.19. The van der Waals surface area contributed by atoms with Crippen LogP contribution in [0.5, 0.6) is 0 Å². The molecule has 2 N–H and O–H groups in total. The maximum Gasteiger partial charge on any atom is 0.314 e. The number of carbonyl (C=O) groups excluding carboxylic acids is 2. The molecule has 3 amide bonds. The fraction of sp³-hybridized carbons (Fsp3) is 0.550. The summed E-state index contributed by atoms with van der Waals surface area (Å²) in [6, 6.07) is 6.38. The van der Waals surface area contributed by atoms with E-state index in [1.807, 2.05) is 11.0 Å². The Bertz CT molecular complexity index is 681. The molecule has 27 heavy (non-hydrogen) atoms. The number of aryl methyl sites for hydroxylation is 1. The molecular formula is C20H28BrN4O2. The van der Waals surface area contributed by atoms with Gasteiger partial charge in [-0.05, 0) is 43.4 Å². The van der Waals surface area contributed by atoms with Crippen molar-refractivity contribution < 1.29 is 9.59 Å². The highest BCUT2D eigenvalue weighted by Crippen LogP contribution is 2.20. The second kappa shape index (κ2) is 9.06. The van der Waals surface area contributed by atoms with Crippen LogP contribution in [0.1, 0.15) is 24.0 Å². The zero-order valence-corrected chi connectivity index (χ0v) is 17.5. The second-order valence-electron chi connectivity index (χ2n) is 7.41. The zero-order valence-electron chi connectivity index (χ0n) is 15.9. The van der Waals surface area contributed by atoms with Crippen molar-refractivity contribution in [1.29, 1.82) is 0 Å². The minimum atomic E-state index is -0.327. The third kappa shape index (κ3) is 5.23. The number of hydrogen-bond acceptors (Lipinski definition) is 3. The molecule has 2 fully saturated rings. The third-order valence-electron chi connectivity index (χ3n) is 5.65. The number of amides is 3. The summed E-state index contributed by atoms with van der Waals surface area (Å²) < 4.78 is 1.09. The summed E-state index contributed by atoms with van der Waals surface area (Å²) in [5.41, 5.74) is 7.69. The maximum atomic E-state index is 12.5. The van der Waals surface area contributed by atoms with Crippen LogP contribution in [-0.4, -0.2) is 71.9 Å². The average molecular weight is 436 g/mol. The van der Waals surface area contributed by atoms with Gasteiger partial charge in [0.1, 0.15) is 0 Å². The molecule has 1 aromatic carbocycles. The molecule has 3 rings (SSSR count). The third-order valence-corrected chi connectivity index (χ3v) is 6.54. The molecule has 1 radical (unpaired) electrons. The van der Waals surface area contributed by atoms with Crippen molar-refractivity contribution in [2.24, 2.45) is 5.73 Å². The molecule has 7 heteroatoms. The van der Waals surface area contributed by atoms with E-state index >= 15 is 0 Å². The number of rotatable bonds is 4. The minimum absolute atomic E-state index is 0.132. The topological polar surface area (TPSA) is 69.9 Å². The van der Waals surface area contributed by atoms with Gasteiger partial charge >= 0.3 is 6.03 Å². The molecule has 2 heterocycles. The Balaban J connectivity index is 1.41.